The lowest BCUT2D eigenvalue weighted by molar-refractivity contribution is -0.121. The van der Waals surface area contributed by atoms with E-state index in [0.717, 1.165) is 12.7 Å². The molecule has 3 heteroatoms. The van der Waals surface area contributed by atoms with Gasteiger partial charge in [0.25, 0.3) is 0 Å². The molecule has 0 radical (unpaired) electrons. The van der Waals surface area contributed by atoms with Gasteiger partial charge >= 0.3 is 0 Å². The van der Waals surface area contributed by atoms with E-state index in [1.165, 1.54) is 0 Å². The number of hydrogen-bond donors (Lipinski definition) is 1. The van der Waals surface area contributed by atoms with Gasteiger partial charge in [0.15, 0.2) is 0 Å². The molecule has 2 atom stereocenters. The third-order valence-electron chi connectivity index (χ3n) is 2.60. The normalized spacial score (nSPS) is 15.9. The Morgan fingerprint density at radius 3 is 2.50 bits per heavy atom. The molecule has 1 N–H and O–H groups in total. The van der Waals surface area contributed by atoms with Crippen molar-refractivity contribution in [2.75, 3.05) is 0 Å². The molecule has 0 bridgehead atoms. The van der Waals surface area contributed by atoms with Gasteiger partial charge in [-0.25, -0.2) is 0 Å². The summed E-state index contributed by atoms with van der Waals surface area (Å²) in [5, 5.41) is 2.72. The van der Waals surface area contributed by atoms with Gasteiger partial charge in [0.1, 0.15) is 6.29 Å². The highest BCUT2D eigenvalue weighted by Gasteiger charge is 2.17. The molecular weight excluding hydrogens is 202 g/mol. The topological polar surface area (TPSA) is 46.2 Å². The van der Waals surface area contributed by atoms with Crippen molar-refractivity contribution >= 4 is 12.2 Å². The van der Waals surface area contributed by atoms with Crippen LogP contribution >= 0.6 is 0 Å². The summed E-state index contributed by atoms with van der Waals surface area (Å²) >= 11 is 0. The molecule has 0 aliphatic heterocycles. The van der Waals surface area contributed by atoms with Crippen molar-refractivity contribution in [3.05, 3.63) is 23.8 Å². The minimum absolute atomic E-state index is 0.163. The van der Waals surface area contributed by atoms with E-state index in [0.29, 0.717) is 5.57 Å². The summed E-state index contributed by atoms with van der Waals surface area (Å²) in [5.41, 5.74) is 0.605. The molecule has 3 nitrogen and oxygen atoms in total. The van der Waals surface area contributed by atoms with E-state index in [4.69, 9.17) is 0 Å². The van der Waals surface area contributed by atoms with Crippen LogP contribution in [0.5, 0.6) is 0 Å². The van der Waals surface area contributed by atoms with Gasteiger partial charge < -0.3 is 10.1 Å². The van der Waals surface area contributed by atoms with Gasteiger partial charge in [0, 0.05) is 5.57 Å². The van der Waals surface area contributed by atoms with Crippen LogP contribution < -0.4 is 5.32 Å². The minimum Gasteiger partial charge on any atom is -0.343 e. The molecule has 0 fully saturated rings. The van der Waals surface area contributed by atoms with Gasteiger partial charge in [-0.05, 0) is 19.8 Å². The third-order valence-corrected chi connectivity index (χ3v) is 2.60. The minimum atomic E-state index is -0.397. The summed E-state index contributed by atoms with van der Waals surface area (Å²) in [6.07, 6.45) is 7.04. The lowest BCUT2D eigenvalue weighted by Crippen LogP contribution is -2.40. The zero-order chi connectivity index (χ0) is 12.6. The first-order chi connectivity index (χ1) is 7.56. The van der Waals surface area contributed by atoms with Crippen molar-refractivity contribution in [2.24, 2.45) is 5.92 Å². The molecule has 16 heavy (non-hydrogen) atoms. The zero-order valence-corrected chi connectivity index (χ0v) is 10.5. The molecule has 0 aliphatic carbocycles. The van der Waals surface area contributed by atoms with E-state index < -0.39 is 6.04 Å². The molecular formula is C13H21NO2. The summed E-state index contributed by atoms with van der Waals surface area (Å²) in [6, 6.07) is -0.397. The summed E-state index contributed by atoms with van der Waals surface area (Å²) in [6.45, 7) is 7.56. The molecule has 90 valence electrons. The van der Waals surface area contributed by atoms with Crippen molar-refractivity contribution < 1.29 is 9.59 Å². The van der Waals surface area contributed by atoms with E-state index in [2.05, 4.69) is 5.32 Å². The average molecular weight is 223 g/mol. The van der Waals surface area contributed by atoms with Crippen LogP contribution in [0.4, 0.5) is 0 Å². The van der Waals surface area contributed by atoms with Crippen LogP contribution in [-0.4, -0.2) is 18.2 Å². The first-order valence-electron chi connectivity index (χ1n) is 5.62. The van der Waals surface area contributed by atoms with E-state index in [-0.39, 0.29) is 11.8 Å². The monoisotopic (exact) mass is 223 g/mol. The lowest BCUT2D eigenvalue weighted by atomic mass is 10.00. The highest BCUT2D eigenvalue weighted by Crippen LogP contribution is 2.06. The van der Waals surface area contributed by atoms with Gasteiger partial charge in [-0.2, -0.15) is 0 Å². The standard InChI is InChI=1S/C13H21NO2/c1-5-7-8-11(4)13(16)14-12(9-15)10(3)6-2/h5,7-10,12H,6H2,1-4H3,(H,14,16). The number of rotatable bonds is 6. The maximum atomic E-state index is 11.7. The molecule has 0 aromatic heterocycles. The van der Waals surface area contributed by atoms with Crippen LogP contribution in [-0.2, 0) is 9.59 Å². The second-order valence-corrected chi connectivity index (χ2v) is 3.90. The van der Waals surface area contributed by atoms with E-state index in [1.54, 1.807) is 19.1 Å². The first kappa shape index (κ1) is 14.6. The van der Waals surface area contributed by atoms with Crippen LogP contribution in [0, 0.1) is 5.92 Å². The summed E-state index contributed by atoms with van der Waals surface area (Å²) < 4.78 is 0. The van der Waals surface area contributed by atoms with Crippen molar-refractivity contribution in [3.63, 3.8) is 0 Å². The van der Waals surface area contributed by atoms with Gasteiger partial charge in [-0.3, -0.25) is 4.79 Å². The molecule has 0 spiro atoms. The molecule has 0 heterocycles. The van der Waals surface area contributed by atoms with Crippen LogP contribution in [0.25, 0.3) is 0 Å². The number of aldehydes is 1. The largest absolute Gasteiger partial charge is 0.343 e. The average Bonchev–Trinajstić information content (AvgIpc) is 2.31. The van der Waals surface area contributed by atoms with Gasteiger partial charge in [0.05, 0.1) is 6.04 Å². The molecule has 1 amide bonds. The molecule has 0 aromatic rings. The van der Waals surface area contributed by atoms with Gasteiger partial charge in [-0.15, -0.1) is 0 Å². The SMILES string of the molecule is CC=CC=C(C)C(=O)NC(C=O)C(C)CC. The molecule has 0 aliphatic rings. The highest BCUT2D eigenvalue weighted by molar-refractivity contribution is 5.94. The number of carbonyl (C=O) groups excluding carboxylic acids is 2. The predicted octanol–water partition coefficient (Wildman–Crippen LogP) is 2.24. The lowest BCUT2D eigenvalue weighted by Gasteiger charge is -2.18. The van der Waals surface area contributed by atoms with E-state index >= 15 is 0 Å². The Morgan fingerprint density at radius 1 is 1.44 bits per heavy atom. The number of nitrogens with one attached hydrogen (secondary N) is 1. The molecule has 0 aromatic carbocycles. The summed E-state index contributed by atoms with van der Waals surface area (Å²) in [4.78, 5) is 22.5. The van der Waals surface area contributed by atoms with E-state index in [9.17, 15) is 9.59 Å². The Morgan fingerprint density at radius 2 is 2.06 bits per heavy atom. The van der Waals surface area contributed by atoms with Crippen molar-refractivity contribution in [3.8, 4) is 0 Å². The summed E-state index contributed by atoms with van der Waals surface area (Å²) in [7, 11) is 0. The number of amides is 1. The molecule has 2 unspecified atom stereocenters. The predicted molar refractivity (Wildman–Crippen MR) is 66.0 cm³/mol. The molecule has 0 rings (SSSR count). The fraction of sp³-hybridized carbons (Fsp3) is 0.538. The second kappa shape index (κ2) is 7.85. The van der Waals surface area contributed by atoms with Crippen LogP contribution in [0.2, 0.25) is 0 Å². The first-order valence-corrected chi connectivity index (χ1v) is 5.62. The Labute approximate surface area is 97.6 Å². The smallest absolute Gasteiger partial charge is 0.247 e. The van der Waals surface area contributed by atoms with Crippen molar-refractivity contribution in [1.82, 2.24) is 5.32 Å². The number of carbonyl (C=O) groups is 2. The quantitative estimate of drug-likeness (QED) is 0.426. The second-order valence-electron chi connectivity index (χ2n) is 3.90. The van der Waals surface area contributed by atoms with Crippen LogP contribution in [0.15, 0.2) is 23.8 Å². The summed E-state index contributed by atoms with van der Waals surface area (Å²) in [5.74, 6) is -0.0218. The molecule has 0 saturated carbocycles. The third kappa shape index (κ3) is 4.91. The number of allylic oxidation sites excluding steroid dienone is 3. The Balaban J connectivity index is 4.47. The Hall–Kier alpha value is -1.38. The van der Waals surface area contributed by atoms with Crippen LogP contribution in [0.1, 0.15) is 34.1 Å². The van der Waals surface area contributed by atoms with E-state index in [1.807, 2.05) is 26.8 Å². The Bertz CT molecular complexity index is 292. The van der Waals surface area contributed by atoms with Gasteiger partial charge in [-0.1, -0.05) is 38.5 Å². The Kier molecular flexibility index (Phi) is 7.18. The maximum absolute atomic E-state index is 11.7. The van der Waals surface area contributed by atoms with Gasteiger partial charge in [0.2, 0.25) is 5.91 Å². The highest BCUT2D eigenvalue weighted by atomic mass is 16.2. The number of hydrogen-bond acceptors (Lipinski definition) is 2. The fourth-order valence-corrected chi connectivity index (χ4v) is 1.15. The zero-order valence-electron chi connectivity index (χ0n) is 10.5. The van der Waals surface area contributed by atoms with Crippen molar-refractivity contribution in [2.45, 2.75) is 40.2 Å². The molecule has 0 saturated heterocycles. The maximum Gasteiger partial charge on any atom is 0.247 e. The van der Waals surface area contributed by atoms with Crippen molar-refractivity contribution in [1.29, 1.82) is 0 Å². The van der Waals surface area contributed by atoms with Crippen LogP contribution in [0.3, 0.4) is 0 Å². The fourth-order valence-electron chi connectivity index (χ4n) is 1.15.